The largest absolute Gasteiger partial charge is 0.402 e. The molecule has 2 rings (SSSR count). The molecule has 0 bridgehead atoms. The second-order valence-electron chi connectivity index (χ2n) is 6.07. The molecule has 0 atom stereocenters. The molecule has 2 aromatic rings. The van der Waals surface area contributed by atoms with E-state index in [-0.39, 0.29) is 0 Å². The van der Waals surface area contributed by atoms with E-state index >= 15 is 0 Å². The summed E-state index contributed by atoms with van der Waals surface area (Å²) in [6.07, 6.45) is 3.22. The maximum absolute atomic E-state index is 6.10. The van der Waals surface area contributed by atoms with E-state index < -0.39 is 13.9 Å². The van der Waals surface area contributed by atoms with Gasteiger partial charge in [0.25, 0.3) is 0 Å². The minimum Gasteiger partial charge on any atom is -0.402 e. The lowest BCUT2D eigenvalue weighted by molar-refractivity contribution is 0.164. The predicted molar refractivity (Wildman–Crippen MR) is 84.3 cm³/mol. The molecule has 0 aromatic carbocycles. The van der Waals surface area contributed by atoms with Gasteiger partial charge >= 0.3 is 0 Å². The molecule has 1 N–H and O–H groups in total. The van der Waals surface area contributed by atoms with Crippen LogP contribution in [-0.2, 0) is 4.43 Å². The van der Waals surface area contributed by atoms with Crippen LogP contribution in [0.3, 0.4) is 0 Å². The molecule has 0 aliphatic heterocycles. The van der Waals surface area contributed by atoms with Crippen molar-refractivity contribution >= 4 is 31.0 Å². The van der Waals surface area contributed by atoms with E-state index in [1.165, 1.54) is 6.33 Å². The van der Waals surface area contributed by atoms with Crippen LogP contribution in [0, 0.1) is 11.8 Å². The van der Waals surface area contributed by atoms with E-state index in [1.54, 1.807) is 6.20 Å². The molecule has 20 heavy (non-hydrogen) atoms. The second-order valence-corrected chi connectivity index (χ2v) is 10.9. The van der Waals surface area contributed by atoms with E-state index in [9.17, 15) is 0 Å². The van der Waals surface area contributed by atoms with Crippen LogP contribution in [0.25, 0.3) is 11.0 Å². The molecule has 106 valence electrons. The summed E-state index contributed by atoms with van der Waals surface area (Å²) < 4.78 is 6.06. The van der Waals surface area contributed by atoms with Gasteiger partial charge in [-0.15, -0.1) is 0 Å². The summed E-state index contributed by atoms with van der Waals surface area (Å²) in [6.45, 7) is 10.4. The average molecular weight is 308 g/mol. The monoisotopic (exact) mass is 307 g/mol. The maximum Gasteiger partial charge on any atom is 0.185 e. The van der Waals surface area contributed by atoms with Crippen LogP contribution in [0.15, 0.2) is 12.5 Å². The Morgan fingerprint density at radius 1 is 1.30 bits per heavy atom. The number of fused-ring (bicyclic) bond motifs is 1. The molecule has 2 aromatic heterocycles. The fourth-order valence-electron chi connectivity index (χ4n) is 2.03. The predicted octanol–water partition coefficient (Wildman–Crippen LogP) is 3.59. The van der Waals surface area contributed by atoms with Crippen molar-refractivity contribution in [1.29, 1.82) is 0 Å². The van der Waals surface area contributed by atoms with Gasteiger partial charge in [0, 0.05) is 6.20 Å². The summed E-state index contributed by atoms with van der Waals surface area (Å²) in [6, 6.07) is 0. The first-order valence-electron chi connectivity index (χ1n) is 6.39. The second kappa shape index (κ2) is 5.21. The lowest BCUT2D eigenvalue weighted by Crippen LogP contribution is -2.37. The van der Waals surface area contributed by atoms with Gasteiger partial charge in [0.05, 0.1) is 10.9 Å². The minimum absolute atomic E-state index is 0.407. The van der Waals surface area contributed by atoms with Gasteiger partial charge < -0.3 is 9.41 Å². The third kappa shape index (κ3) is 3.60. The van der Waals surface area contributed by atoms with Crippen molar-refractivity contribution < 1.29 is 4.43 Å². The highest BCUT2D eigenvalue weighted by atomic mass is 35.5. The third-order valence-electron chi connectivity index (χ3n) is 2.48. The summed E-state index contributed by atoms with van der Waals surface area (Å²) in [5.41, 5.74) is 0.993. The van der Waals surface area contributed by atoms with Gasteiger partial charge in [-0.05, 0) is 33.5 Å². The first kappa shape index (κ1) is 15.0. The summed E-state index contributed by atoms with van der Waals surface area (Å²) >= 11 is 6.10. The Morgan fingerprint density at radius 3 is 2.65 bits per heavy atom. The van der Waals surface area contributed by atoms with E-state index in [2.05, 4.69) is 46.4 Å². The molecule has 4 nitrogen and oxygen atoms in total. The van der Waals surface area contributed by atoms with Crippen LogP contribution in [0.1, 0.15) is 19.4 Å². The Balaban J connectivity index is 2.36. The molecular formula is C14H18ClN3OSi. The number of halogens is 1. The van der Waals surface area contributed by atoms with E-state index in [0.717, 1.165) is 10.9 Å². The Labute approximate surface area is 125 Å². The van der Waals surface area contributed by atoms with Crippen LogP contribution in [0.2, 0.25) is 24.8 Å². The van der Waals surface area contributed by atoms with Crippen molar-refractivity contribution in [3.63, 3.8) is 0 Å². The number of hydrogen-bond acceptors (Lipinski definition) is 3. The van der Waals surface area contributed by atoms with Crippen molar-refractivity contribution in [2.24, 2.45) is 0 Å². The number of nitrogens with zero attached hydrogens (tertiary/aromatic N) is 2. The van der Waals surface area contributed by atoms with Crippen LogP contribution in [0.4, 0.5) is 0 Å². The Kier molecular flexibility index (Phi) is 3.92. The van der Waals surface area contributed by atoms with Gasteiger partial charge in [0.2, 0.25) is 0 Å². The Hall–Kier alpha value is -1.35. The van der Waals surface area contributed by atoms with Gasteiger partial charge in [-0.25, -0.2) is 9.97 Å². The average Bonchev–Trinajstić information content (AvgIpc) is 2.68. The van der Waals surface area contributed by atoms with Crippen LogP contribution in [0.5, 0.6) is 0 Å². The van der Waals surface area contributed by atoms with Gasteiger partial charge in [0.15, 0.2) is 8.32 Å². The zero-order valence-electron chi connectivity index (χ0n) is 12.3. The molecule has 0 radical (unpaired) electrons. The molecule has 0 fully saturated rings. The Bertz CT molecular complexity index is 692. The summed E-state index contributed by atoms with van der Waals surface area (Å²) in [7, 11) is -1.64. The molecule has 0 saturated heterocycles. The molecule has 0 saturated carbocycles. The number of rotatable bonds is 2. The van der Waals surface area contributed by atoms with Crippen LogP contribution >= 0.6 is 11.6 Å². The number of H-pyrrole nitrogens is 1. The highest BCUT2D eigenvalue weighted by Gasteiger charge is 2.25. The third-order valence-corrected chi connectivity index (χ3v) is 3.89. The fourth-order valence-corrected chi connectivity index (χ4v) is 3.85. The van der Waals surface area contributed by atoms with Crippen molar-refractivity contribution in [2.75, 3.05) is 0 Å². The van der Waals surface area contributed by atoms with E-state index in [1.807, 2.05) is 13.8 Å². The van der Waals surface area contributed by atoms with Crippen molar-refractivity contribution in [1.82, 2.24) is 15.0 Å². The summed E-state index contributed by atoms with van der Waals surface area (Å²) in [4.78, 5) is 11.2. The molecule has 0 aliphatic rings. The van der Waals surface area contributed by atoms with Crippen molar-refractivity contribution in [3.05, 3.63) is 23.2 Å². The summed E-state index contributed by atoms with van der Waals surface area (Å²) in [5.74, 6) is 6.29. The first-order chi connectivity index (χ1) is 9.18. The van der Waals surface area contributed by atoms with Crippen LogP contribution in [-0.4, -0.2) is 28.9 Å². The molecule has 6 heteroatoms. The zero-order chi connectivity index (χ0) is 15.0. The smallest absolute Gasteiger partial charge is 0.185 e. The van der Waals surface area contributed by atoms with Gasteiger partial charge in [-0.3, -0.25) is 0 Å². The fraction of sp³-hybridized carbons (Fsp3) is 0.429. The molecule has 0 unspecified atom stereocenters. The normalized spacial score (nSPS) is 12.3. The number of hydrogen-bond donors (Lipinski definition) is 1. The molecular weight excluding hydrogens is 290 g/mol. The topological polar surface area (TPSA) is 50.8 Å². The molecule has 0 amide bonds. The van der Waals surface area contributed by atoms with Gasteiger partial charge in [-0.1, -0.05) is 23.4 Å². The lowest BCUT2D eigenvalue weighted by atomic mass is 10.1. The minimum atomic E-state index is -1.64. The highest BCUT2D eigenvalue weighted by Crippen LogP contribution is 2.23. The molecule has 0 aliphatic carbocycles. The Morgan fingerprint density at radius 2 is 2.00 bits per heavy atom. The van der Waals surface area contributed by atoms with E-state index in [0.29, 0.717) is 10.8 Å². The SMILES string of the molecule is CC(C)(C#Cc1c[nH]c2ncnc(Cl)c12)O[Si](C)(C)C. The highest BCUT2D eigenvalue weighted by molar-refractivity contribution is 6.69. The van der Waals surface area contributed by atoms with Crippen molar-refractivity contribution in [3.8, 4) is 11.8 Å². The van der Waals surface area contributed by atoms with Crippen molar-refractivity contribution in [2.45, 2.75) is 39.1 Å². The quantitative estimate of drug-likeness (QED) is 0.524. The summed E-state index contributed by atoms with van der Waals surface area (Å²) in [5, 5.41) is 1.16. The zero-order valence-corrected chi connectivity index (χ0v) is 14.1. The standard InChI is InChI=1S/C14H18ClN3OSi/c1-14(2,19-20(3,4)5)7-6-10-8-16-13-11(10)12(15)17-9-18-13/h8-9H,1-5H3,(H,16,17,18). The van der Waals surface area contributed by atoms with Gasteiger partial charge in [0.1, 0.15) is 22.7 Å². The maximum atomic E-state index is 6.10. The lowest BCUT2D eigenvalue weighted by Gasteiger charge is -2.28. The number of aromatic nitrogens is 3. The van der Waals surface area contributed by atoms with Gasteiger partial charge in [-0.2, -0.15) is 0 Å². The molecule has 2 heterocycles. The molecule has 0 spiro atoms. The first-order valence-corrected chi connectivity index (χ1v) is 10.2. The number of aromatic amines is 1. The number of nitrogens with one attached hydrogen (secondary N) is 1. The van der Waals surface area contributed by atoms with E-state index in [4.69, 9.17) is 16.0 Å². The van der Waals surface area contributed by atoms with Crippen LogP contribution < -0.4 is 0 Å².